The minimum atomic E-state index is -3.31. The van der Waals surface area contributed by atoms with E-state index in [9.17, 15) is 22.0 Å². The van der Waals surface area contributed by atoms with Crippen molar-refractivity contribution < 1.29 is 22.0 Å². The fourth-order valence-electron chi connectivity index (χ4n) is 4.18. The molecular weight excluding hydrogens is 398 g/mol. The van der Waals surface area contributed by atoms with E-state index in [-0.39, 0.29) is 23.8 Å². The number of carbonyl (C=O) groups excluding carboxylic acids is 1. The van der Waals surface area contributed by atoms with Crippen LogP contribution >= 0.6 is 0 Å². The number of benzene rings is 2. The highest BCUT2D eigenvalue weighted by Crippen LogP contribution is 2.51. The second-order valence-corrected chi connectivity index (χ2v) is 9.60. The van der Waals surface area contributed by atoms with Crippen LogP contribution in [0.5, 0.6) is 0 Å². The Hall–Kier alpha value is -2.32. The van der Waals surface area contributed by atoms with E-state index >= 15 is 0 Å². The zero-order valence-corrected chi connectivity index (χ0v) is 16.8. The number of hydrogen-bond donors (Lipinski definition) is 1. The van der Waals surface area contributed by atoms with E-state index in [1.165, 1.54) is 12.1 Å². The first-order chi connectivity index (χ1) is 13.7. The molecule has 3 atom stereocenters. The van der Waals surface area contributed by atoms with Crippen LogP contribution in [0.15, 0.2) is 42.5 Å². The van der Waals surface area contributed by atoms with Crippen molar-refractivity contribution in [1.82, 2.24) is 9.62 Å². The van der Waals surface area contributed by atoms with Gasteiger partial charge in [-0.15, -0.1) is 0 Å². The second kappa shape index (κ2) is 7.50. The van der Waals surface area contributed by atoms with Gasteiger partial charge in [0.25, 0.3) is 0 Å². The van der Waals surface area contributed by atoms with Crippen molar-refractivity contribution in [3.8, 4) is 11.1 Å². The van der Waals surface area contributed by atoms with Gasteiger partial charge in [0.1, 0.15) is 11.6 Å². The molecule has 2 fully saturated rings. The number of sulfonamides is 1. The highest BCUT2D eigenvalue weighted by molar-refractivity contribution is 7.88. The summed E-state index contributed by atoms with van der Waals surface area (Å²) >= 11 is 0. The highest BCUT2D eigenvalue weighted by Gasteiger charge is 2.47. The lowest BCUT2D eigenvalue weighted by Gasteiger charge is -2.17. The molecule has 2 aliphatic rings. The Morgan fingerprint density at radius 3 is 2.62 bits per heavy atom. The topological polar surface area (TPSA) is 66.5 Å². The number of likely N-dealkylation sites (tertiary alicyclic amines) is 1. The van der Waals surface area contributed by atoms with Gasteiger partial charge in [0.2, 0.25) is 15.9 Å². The van der Waals surface area contributed by atoms with Gasteiger partial charge in [-0.1, -0.05) is 24.3 Å². The maximum absolute atomic E-state index is 14.3. The summed E-state index contributed by atoms with van der Waals surface area (Å²) in [6.45, 7) is 0.882. The van der Waals surface area contributed by atoms with E-state index in [0.29, 0.717) is 37.1 Å². The van der Waals surface area contributed by atoms with Gasteiger partial charge in [-0.2, -0.15) is 0 Å². The number of halogens is 2. The standard InChI is InChI=1S/C21H22F2N2O3S/c1-29(27,28)24-14-8-9-25(12-14)21(26)19-11-18(19)16-5-3-2-4-15(16)17-7-6-13(22)10-20(17)23/h2-7,10,14,18-19,24H,8-9,11-12H2,1H3/t14-,18+,19-/m1/s1. The van der Waals surface area contributed by atoms with Gasteiger partial charge < -0.3 is 4.90 Å². The molecule has 2 aromatic carbocycles. The van der Waals surface area contributed by atoms with Crippen molar-refractivity contribution in [2.24, 2.45) is 5.92 Å². The maximum atomic E-state index is 14.3. The van der Waals surface area contributed by atoms with E-state index in [4.69, 9.17) is 0 Å². The molecule has 1 aliphatic heterocycles. The molecule has 1 heterocycles. The van der Waals surface area contributed by atoms with Crippen LogP contribution in [0.2, 0.25) is 0 Å². The average Bonchev–Trinajstić information content (AvgIpc) is 3.32. The Morgan fingerprint density at radius 1 is 1.14 bits per heavy atom. The van der Waals surface area contributed by atoms with E-state index in [1.807, 2.05) is 12.1 Å². The van der Waals surface area contributed by atoms with Crippen LogP contribution in [0.4, 0.5) is 8.78 Å². The van der Waals surface area contributed by atoms with Crippen LogP contribution in [-0.2, 0) is 14.8 Å². The fourth-order valence-corrected chi connectivity index (χ4v) is 4.98. The molecule has 1 saturated carbocycles. The van der Waals surface area contributed by atoms with Gasteiger partial charge >= 0.3 is 0 Å². The summed E-state index contributed by atoms with van der Waals surface area (Å²) < 4.78 is 52.9. The Morgan fingerprint density at radius 2 is 1.90 bits per heavy atom. The molecule has 1 aliphatic carbocycles. The van der Waals surface area contributed by atoms with Crippen LogP contribution in [-0.4, -0.2) is 44.6 Å². The van der Waals surface area contributed by atoms with Crippen molar-refractivity contribution in [2.75, 3.05) is 19.3 Å². The third-order valence-corrected chi connectivity index (χ3v) is 6.33. The lowest BCUT2D eigenvalue weighted by molar-refractivity contribution is -0.131. The molecule has 1 N–H and O–H groups in total. The Kier molecular flexibility index (Phi) is 5.16. The molecule has 4 rings (SSSR count). The van der Waals surface area contributed by atoms with Crippen LogP contribution in [0, 0.1) is 17.6 Å². The molecule has 8 heteroatoms. The van der Waals surface area contributed by atoms with Crippen molar-refractivity contribution in [2.45, 2.75) is 24.8 Å². The normalized spacial score (nSPS) is 24.0. The van der Waals surface area contributed by atoms with E-state index in [2.05, 4.69) is 4.72 Å². The Balaban J connectivity index is 1.49. The summed E-state index contributed by atoms with van der Waals surface area (Å²) in [6.07, 6.45) is 2.37. The largest absolute Gasteiger partial charge is 0.341 e. The molecule has 0 unspecified atom stereocenters. The lowest BCUT2D eigenvalue weighted by Crippen LogP contribution is -2.38. The highest BCUT2D eigenvalue weighted by atomic mass is 32.2. The van der Waals surface area contributed by atoms with Gasteiger partial charge in [-0.25, -0.2) is 21.9 Å². The second-order valence-electron chi connectivity index (χ2n) is 7.82. The number of nitrogens with zero attached hydrogens (tertiary/aromatic N) is 1. The monoisotopic (exact) mass is 420 g/mol. The molecule has 0 aromatic heterocycles. The number of nitrogens with one attached hydrogen (secondary N) is 1. The minimum absolute atomic E-state index is 0.00202. The van der Waals surface area contributed by atoms with Crippen LogP contribution in [0.1, 0.15) is 24.3 Å². The molecule has 0 bridgehead atoms. The molecule has 1 saturated heterocycles. The Labute approximate surface area is 168 Å². The quantitative estimate of drug-likeness (QED) is 0.809. The summed E-state index contributed by atoms with van der Waals surface area (Å²) in [5.74, 6) is -1.48. The fraction of sp³-hybridized carbons (Fsp3) is 0.381. The summed E-state index contributed by atoms with van der Waals surface area (Å²) in [6, 6.07) is 10.6. The first kappa shape index (κ1) is 20.0. The minimum Gasteiger partial charge on any atom is -0.341 e. The first-order valence-corrected chi connectivity index (χ1v) is 11.4. The Bertz CT molecular complexity index is 1060. The van der Waals surface area contributed by atoms with Crippen LogP contribution in [0.25, 0.3) is 11.1 Å². The molecule has 0 radical (unpaired) electrons. The predicted molar refractivity (Wildman–Crippen MR) is 106 cm³/mol. The SMILES string of the molecule is CS(=O)(=O)N[C@@H]1CCN(C(=O)[C@@H]2C[C@H]2c2ccccc2-c2ccc(F)cc2F)C1. The molecule has 0 spiro atoms. The molecule has 29 heavy (non-hydrogen) atoms. The average molecular weight is 420 g/mol. The third-order valence-electron chi connectivity index (χ3n) is 5.57. The van der Waals surface area contributed by atoms with Gasteiger partial charge in [0.15, 0.2) is 0 Å². The van der Waals surface area contributed by atoms with E-state index in [1.54, 1.807) is 17.0 Å². The first-order valence-electron chi connectivity index (χ1n) is 9.53. The van der Waals surface area contributed by atoms with Crippen molar-refractivity contribution in [1.29, 1.82) is 0 Å². The molecule has 154 valence electrons. The third kappa shape index (κ3) is 4.33. The van der Waals surface area contributed by atoms with Crippen LogP contribution in [0.3, 0.4) is 0 Å². The number of rotatable bonds is 5. The molecule has 1 amide bonds. The summed E-state index contributed by atoms with van der Waals surface area (Å²) in [7, 11) is -3.31. The number of hydrogen-bond acceptors (Lipinski definition) is 3. The zero-order valence-electron chi connectivity index (χ0n) is 15.9. The number of amides is 1. The predicted octanol–water partition coefficient (Wildman–Crippen LogP) is 2.89. The van der Waals surface area contributed by atoms with Crippen LogP contribution < -0.4 is 4.72 Å². The maximum Gasteiger partial charge on any atom is 0.226 e. The lowest BCUT2D eigenvalue weighted by atomic mass is 9.95. The van der Waals surface area contributed by atoms with Gasteiger partial charge in [0.05, 0.1) is 6.26 Å². The summed E-state index contributed by atoms with van der Waals surface area (Å²) in [5, 5.41) is 0. The summed E-state index contributed by atoms with van der Waals surface area (Å²) in [4.78, 5) is 14.6. The zero-order chi connectivity index (χ0) is 20.8. The van der Waals surface area contributed by atoms with E-state index in [0.717, 1.165) is 17.9 Å². The molecule has 5 nitrogen and oxygen atoms in total. The van der Waals surface area contributed by atoms with Gasteiger partial charge in [-0.05, 0) is 42.0 Å². The number of carbonyl (C=O) groups is 1. The van der Waals surface area contributed by atoms with Crippen molar-refractivity contribution >= 4 is 15.9 Å². The van der Waals surface area contributed by atoms with Gasteiger partial charge in [0, 0.05) is 36.7 Å². The molecular formula is C21H22F2N2O3S. The van der Waals surface area contributed by atoms with E-state index < -0.39 is 21.7 Å². The molecule has 2 aromatic rings. The smallest absolute Gasteiger partial charge is 0.226 e. The van der Waals surface area contributed by atoms with Crippen molar-refractivity contribution in [3.05, 3.63) is 59.7 Å². The van der Waals surface area contributed by atoms with Gasteiger partial charge in [-0.3, -0.25) is 4.79 Å². The van der Waals surface area contributed by atoms with Crippen molar-refractivity contribution in [3.63, 3.8) is 0 Å². The summed E-state index contributed by atoms with van der Waals surface area (Å²) in [5.41, 5.74) is 1.86.